The number of benzene rings is 1. The molecule has 1 unspecified atom stereocenters. The van der Waals surface area contributed by atoms with Crippen LogP contribution in [-0.2, 0) is 16.1 Å². The first-order valence-corrected chi connectivity index (χ1v) is 14.4. The van der Waals surface area contributed by atoms with Gasteiger partial charge in [0, 0.05) is 42.3 Å². The largest absolute Gasteiger partial charge is 0.496 e. The molecule has 208 valence electrons. The smallest absolute Gasteiger partial charge is 0.303 e. The number of methoxy groups -OCH3 is 1. The van der Waals surface area contributed by atoms with Crippen LogP contribution < -0.4 is 10.1 Å². The molecular formula is C31H44N2O5. The van der Waals surface area contributed by atoms with Crippen molar-refractivity contribution in [3.8, 4) is 5.75 Å². The van der Waals surface area contributed by atoms with Gasteiger partial charge in [-0.15, -0.1) is 0 Å². The van der Waals surface area contributed by atoms with E-state index in [1.54, 1.807) is 7.11 Å². The molecule has 0 bridgehead atoms. The molecule has 0 radical (unpaired) electrons. The van der Waals surface area contributed by atoms with Crippen LogP contribution in [0, 0.1) is 18.8 Å². The SMILES string of the molecule is COc1cc(C)ccc1CNC(=O)CC(CCC(=O)O)c1noc(C2CCC(CC(C)C)CC2)c1C1CC1. The second-order valence-electron chi connectivity index (χ2n) is 11.9. The Morgan fingerprint density at radius 1 is 1.13 bits per heavy atom. The van der Waals surface area contributed by atoms with Gasteiger partial charge in [-0.25, -0.2) is 0 Å². The number of aryl methyl sites for hydroxylation is 1. The van der Waals surface area contributed by atoms with Crippen LogP contribution in [0.1, 0.15) is 124 Å². The summed E-state index contributed by atoms with van der Waals surface area (Å²) < 4.78 is 11.5. The number of nitrogens with one attached hydrogen (secondary N) is 1. The lowest BCUT2D eigenvalue weighted by atomic mass is 9.76. The number of amides is 1. The third-order valence-corrected chi connectivity index (χ3v) is 8.24. The van der Waals surface area contributed by atoms with Crippen LogP contribution in [-0.4, -0.2) is 29.2 Å². The Morgan fingerprint density at radius 3 is 2.47 bits per heavy atom. The van der Waals surface area contributed by atoms with Gasteiger partial charge in [-0.2, -0.15) is 0 Å². The first kappa shape index (κ1) is 28.2. The van der Waals surface area contributed by atoms with Gasteiger partial charge in [-0.3, -0.25) is 9.59 Å². The first-order chi connectivity index (χ1) is 18.2. The van der Waals surface area contributed by atoms with E-state index >= 15 is 0 Å². The Bertz CT molecular complexity index is 1100. The molecule has 1 amide bonds. The zero-order chi connectivity index (χ0) is 27.2. The van der Waals surface area contributed by atoms with Crippen LogP contribution in [0.3, 0.4) is 0 Å². The van der Waals surface area contributed by atoms with E-state index in [9.17, 15) is 14.7 Å². The molecular weight excluding hydrogens is 480 g/mol. The maximum atomic E-state index is 13.1. The molecule has 0 saturated heterocycles. The predicted octanol–water partition coefficient (Wildman–Crippen LogP) is 6.84. The second-order valence-corrected chi connectivity index (χ2v) is 11.9. The fraction of sp³-hybridized carbons (Fsp3) is 0.645. The molecule has 7 heteroatoms. The summed E-state index contributed by atoms with van der Waals surface area (Å²) in [5.41, 5.74) is 3.99. The average molecular weight is 525 g/mol. The molecule has 2 N–H and O–H groups in total. The number of hydrogen-bond acceptors (Lipinski definition) is 5. The molecule has 0 aliphatic heterocycles. The number of aliphatic carboxylic acids is 1. The van der Waals surface area contributed by atoms with E-state index in [0.717, 1.165) is 65.8 Å². The molecule has 2 fully saturated rings. The average Bonchev–Trinajstić information content (AvgIpc) is 3.63. The fourth-order valence-electron chi connectivity index (χ4n) is 6.14. The van der Waals surface area contributed by atoms with E-state index < -0.39 is 5.97 Å². The van der Waals surface area contributed by atoms with Crippen LogP contribution in [0.25, 0.3) is 0 Å². The lowest BCUT2D eigenvalue weighted by Gasteiger charge is -2.28. The Hall–Kier alpha value is -2.83. The van der Waals surface area contributed by atoms with Gasteiger partial charge in [0.15, 0.2) is 0 Å². The van der Waals surface area contributed by atoms with Crippen LogP contribution >= 0.6 is 0 Å². The van der Waals surface area contributed by atoms with E-state index in [0.29, 0.717) is 24.8 Å². The zero-order valence-corrected chi connectivity index (χ0v) is 23.4. The Balaban J connectivity index is 1.48. The van der Waals surface area contributed by atoms with E-state index in [1.807, 2.05) is 25.1 Å². The topological polar surface area (TPSA) is 102 Å². The number of aromatic nitrogens is 1. The number of hydrogen-bond donors (Lipinski definition) is 2. The number of carbonyl (C=O) groups is 2. The van der Waals surface area contributed by atoms with E-state index in [2.05, 4.69) is 24.3 Å². The number of ether oxygens (including phenoxy) is 1. The summed E-state index contributed by atoms with van der Waals surface area (Å²) in [6.45, 7) is 6.95. The Kier molecular flexibility index (Phi) is 9.50. The molecule has 1 heterocycles. The zero-order valence-electron chi connectivity index (χ0n) is 23.4. The summed E-state index contributed by atoms with van der Waals surface area (Å²) in [5.74, 6) is 2.80. The van der Waals surface area contributed by atoms with E-state index in [-0.39, 0.29) is 24.7 Å². The molecule has 2 aromatic rings. The lowest BCUT2D eigenvalue weighted by molar-refractivity contribution is -0.137. The van der Waals surface area contributed by atoms with Gasteiger partial charge in [0.25, 0.3) is 0 Å². The summed E-state index contributed by atoms with van der Waals surface area (Å²) in [6, 6.07) is 5.91. The minimum atomic E-state index is -0.861. The van der Waals surface area contributed by atoms with Crippen LogP contribution in [0.4, 0.5) is 0 Å². The molecule has 2 saturated carbocycles. The summed E-state index contributed by atoms with van der Waals surface area (Å²) in [6.07, 6.45) is 8.71. The van der Waals surface area contributed by atoms with Crippen molar-refractivity contribution in [2.75, 3.05) is 7.11 Å². The van der Waals surface area contributed by atoms with Gasteiger partial charge in [0.1, 0.15) is 11.5 Å². The predicted molar refractivity (Wildman–Crippen MR) is 146 cm³/mol. The van der Waals surface area contributed by atoms with Crippen molar-refractivity contribution < 1.29 is 24.0 Å². The number of carboxylic acid groups (broad SMARTS) is 1. The summed E-state index contributed by atoms with van der Waals surface area (Å²) in [4.78, 5) is 24.5. The van der Waals surface area contributed by atoms with Crippen LogP contribution in [0.15, 0.2) is 22.7 Å². The van der Waals surface area contributed by atoms with Crippen molar-refractivity contribution in [1.82, 2.24) is 10.5 Å². The van der Waals surface area contributed by atoms with Gasteiger partial charge in [0.05, 0.1) is 12.8 Å². The molecule has 38 heavy (non-hydrogen) atoms. The molecule has 4 rings (SSSR count). The first-order valence-electron chi connectivity index (χ1n) is 14.4. The highest BCUT2D eigenvalue weighted by Gasteiger charge is 2.38. The van der Waals surface area contributed by atoms with Crippen molar-refractivity contribution in [2.45, 2.75) is 109 Å². The number of nitrogens with zero attached hydrogens (tertiary/aromatic N) is 1. The molecule has 1 atom stereocenters. The molecule has 1 aromatic heterocycles. The molecule has 1 aromatic carbocycles. The standard InChI is InChI=1S/C31H44N2O5/c1-19(2)15-21-6-9-23(10-7-21)31-29(22-11-12-22)30(33-38-31)24(13-14-28(35)36)17-27(34)32-18-25-8-5-20(3)16-26(25)37-4/h5,8,16,19,21-24H,6-7,9-15,17-18H2,1-4H3,(H,32,34)(H,35,36). The third kappa shape index (κ3) is 7.39. The van der Waals surface area contributed by atoms with Crippen molar-refractivity contribution >= 4 is 11.9 Å². The minimum absolute atomic E-state index is 0.00363. The Morgan fingerprint density at radius 2 is 1.84 bits per heavy atom. The maximum absolute atomic E-state index is 13.1. The lowest BCUT2D eigenvalue weighted by Crippen LogP contribution is -2.25. The van der Waals surface area contributed by atoms with Crippen LogP contribution in [0.5, 0.6) is 5.75 Å². The quantitative estimate of drug-likeness (QED) is 0.297. The highest BCUT2D eigenvalue weighted by atomic mass is 16.5. The van der Waals surface area contributed by atoms with E-state index in [4.69, 9.17) is 9.26 Å². The van der Waals surface area contributed by atoms with Gasteiger partial charge in [-0.05, 0) is 87.7 Å². The van der Waals surface area contributed by atoms with Crippen molar-refractivity contribution in [2.24, 2.45) is 11.8 Å². The number of rotatable bonds is 13. The third-order valence-electron chi connectivity index (χ3n) is 8.24. The van der Waals surface area contributed by atoms with Gasteiger partial charge in [0.2, 0.25) is 5.91 Å². The normalized spacial score (nSPS) is 20.3. The Labute approximate surface area is 226 Å². The monoisotopic (exact) mass is 524 g/mol. The van der Waals surface area contributed by atoms with Crippen molar-refractivity contribution in [3.63, 3.8) is 0 Å². The molecule has 2 aliphatic rings. The fourth-order valence-corrected chi connectivity index (χ4v) is 6.14. The summed E-state index contributed by atoms with van der Waals surface area (Å²) >= 11 is 0. The highest BCUT2D eigenvalue weighted by molar-refractivity contribution is 5.77. The van der Waals surface area contributed by atoms with Crippen molar-refractivity contribution in [3.05, 3.63) is 46.3 Å². The van der Waals surface area contributed by atoms with Gasteiger partial charge >= 0.3 is 5.97 Å². The van der Waals surface area contributed by atoms with E-state index in [1.165, 1.54) is 24.8 Å². The molecule has 2 aliphatic carbocycles. The van der Waals surface area contributed by atoms with Gasteiger partial charge < -0.3 is 19.7 Å². The number of carbonyl (C=O) groups excluding carboxylic acids is 1. The molecule has 0 spiro atoms. The number of carboxylic acids is 1. The second kappa shape index (κ2) is 12.8. The summed E-state index contributed by atoms with van der Waals surface area (Å²) in [7, 11) is 1.63. The molecule has 7 nitrogen and oxygen atoms in total. The minimum Gasteiger partial charge on any atom is -0.496 e. The summed E-state index contributed by atoms with van der Waals surface area (Å²) in [5, 5.41) is 17.0. The maximum Gasteiger partial charge on any atom is 0.303 e. The van der Waals surface area contributed by atoms with Crippen LogP contribution in [0.2, 0.25) is 0 Å². The highest BCUT2D eigenvalue weighted by Crippen LogP contribution is 2.50. The van der Waals surface area contributed by atoms with Gasteiger partial charge in [-0.1, -0.05) is 31.1 Å². The van der Waals surface area contributed by atoms with Crippen molar-refractivity contribution in [1.29, 1.82) is 0 Å².